The lowest BCUT2D eigenvalue weighted by molar-refractivity contribution is -0.125. The van der Waals surface area contributed by atoms with Gasteiger partial charge in [-0.15, -0.1) is 0 Å². The van der Waals surface area contributed by atoms with Gasteiger partial charge in [-0.1, -0.05) is 12.1 Å². The number of nitriles is 1. The molecule has 0 spiro atoms. The third kappa shape index (κ3) is 4.45. The minimum absolute atomic E-state index is 0.0387. The molecule has 32 heavy (non-hydrogen) atoms. The lowest BCUT2D eigenvalue weighted by Gasteiger charge is -2.34. The number of benzene rings is 2. The Labute approximate surface area is 187 Å². The van der Waals surface area contributed by atoms with Crippen molar-refractivity contribution in [3.05, 3.63) is 59.8 Å². The van der Waals surface area contributed by atoms with E-state index in [-0.39, 0.29) is 11.8 Å². The van der Waals surface area contributed by atoms with Crippen molar-refractivity contribution in [1.29, 1.82) is 5.26 Å². The Kier molecular flexibility index (Phi) is 6.41. The molecule has 0 aliphatic carbocycles. The molecule has 1 aliphatic heterocycles. The second-order valence-electron chi connectivity index (χ2n) is 7.84. The number of aromatic nitrogens is 1. The van der Waals surface area contributed by atoms with Gasteiger partial charge in [0.05, 0.1) is 31.0 Å². The first-order chi connectivity index (χ1) is 15.6. The van der Waals surface area contributed by atoms with Crippen LogP contribution in [0.5, 0.6) is 11.5 Å². The van der Waals surface area contributed by atoms with Crippen LogP contribution in [0.3, 0.4) is 0 Å². The Hall–Kier alpha value is -3.79. The van der Waals surface area contributed by atoms with Gasteiger partial charge in [0.15, 0.2) is 0 Å². The maximum atomic E-state index is 12.7. The van der Waals surface area contributed by atoms with E-state index in [1.807, 2.05) is 42.5 Å². The summed E-state index contributed by atoms with van der Waals surface area (Å²) in [7, 11) is 3.25. The molecule has 0 atom stereocenters. The molecule has 164 valence electrons. The van der Waals surface area contributed by atoms with E-state index in [1.54, 1.807) is 20.4 Å². The Bertz CT molecular complexity index is 1150. The van der Waals surface area contributed by atoms with Crippen molar-refractivity contribution >= 4 is 22.5 Å². The van der Waals surface area contributed by atoms with Gasteiger partial charge in [-0.05, 0) is 42.7 Å². The molecule has 0 radical (unpaired) electrons. The minimum Gasteiger partial charge on any atom is -0.497 e. The Morgan fingerprint density at radius 1 is 1.12 bits per heavy atom. The van der Waals surface area contributed by atoms with E-state index in [2.05, 4.69) is 21.3 Å². The number of carbonyl (C=O) groups excluding carboxylic acids is 1. The third-order valence-electron chi connectivity index (χ3n) is 5.98. The molecule has 2 aromatic carbocycles. The molecule has 7 nitrogen and oxygen atoms in total. The van der Waals surface area contributed by atoms with E-state index in [4.69, 9.17) is 9.47 Å². The lowest BCUT2D eigenvalue weighted by Crippen LogP contribution is -2.40. The number of piperidine rings is 1. The van der Waals surface area contributed by atoms with Crippen LogP contribution >= 0.6 is 0 Å². The number of methoxy groups -OCH3 is 2. The lowest BCUT2D eigenvalue weighted by atomic mass is 9.94. The number of rotatable bonds is 6. The van der Waals surface area contributed by atoms with Crippen molar-refractivity contribution in [1.82, 2.24) is 10.3 Å². The molecule has 1 aromatic heterocycles. The van der Waals surface area contributed by atoms with Crippen molar-refractivity contribution in [2.24, 2.45) is 5.92 Å². The molecule has 2 heterocycles. The smallest absolute Gasteiger partial charge is 0.223 e. The number of fused-ring (bicyclic) bond motifs is 1. The molecule has 0 bridgehead atoms. The average molecular weight is 431 g/mol. The Morgan fingerprint density at radius 3 is 2.47 bits per heavy atom. The summed E-state index contributed by atoms with van der Waals surface area (Å²) in [6.07, 6.45) is 3.09. The Balaban J connectivity index is 1.42. The predicted molar refractivity (Wildman–Crippen MR) is 123 cm³/mol. The summed E-state index contributed by atoms with van der Waals surface area (Å²) in [4.78, 5) is 19.3. The number of nitrogens with zero attached hydrogens (tertiary/aromatic N) is 3. The van der Waals surface area contributed by atoms with Crippen LogP contribution in [0.25, 0.3) is 10.9 Å². The number of nitrogens with one attached hydrogen (secondary N) is 1. The van der Waals surface area contributed by atoms with Crippen molar-refractivity contribution in [2.75, 3.05) is 32.2 Å². The number of hydrogen-bond donors (Lipinski definition) is 1. The summed E-state index contributed by atoms with van der Waals surface area (Å²) < 4.78 is 10.5. The van der Waals surface area contributed by atoms with Crippen LogP contribution in [0, 0.1) is 17.2 Å². The number of carbonyl (C=O) groups is 1. The van der Waals surface area contributed by atoms with E-state index < -0.39 is 0 Å². The van der Waals surface area contributed by atoms with Crippen LogP contribution < -0.4 is 19.7 Å². The first-order valence-electron chi connectivity index (χ1n) is 10.7. The number of hydrogen-bond acceptors (Lipinski definition) is 6. The van der Waals surface area contributed by atoms with Crippen LogP contribution in [0.2, 0.25) is 0 Å². The summed E-state index contributed by atoms with van der Waals surface area (Å²) in [5.74, 6) is 1.56. The number of anilines is 1. The molecule has 1 saturated heterocycles. The second-order valence-corrected chi connectivity index (χ2v) is 7.84. The van der Waals surface area contributed by atoms with Crippen molar-refractivity contribution in [3.63, 3.8) is 0 Å². The van der Waals surface area contributed by atoms with Crippen LogP contribution in [0.15, 0.2) is 48.7 Å². The van der Waals surface area contributed by atoms with Crippen LogP contribution in [0.4, 0.5) is 5.69 Å². The van der Waals surface area contributed by atoms with Gasteiger partial charge in [0.25, 0.3) is 0 Å². The summed E-state index contributed by atoms with van der Waals surface area (Å²) in [5, 5.41) is 13.6. The van der Waals surface area contributed by atoms with Crippen molar-refractivity contribution in [2.45, 2.75) is 19.4 Å². The minimum atomic E-state index is -0.0387. The SMILES string of the molecule is COc1ccc(CNC(=O)C2CCN(c3c(C#N)cnc4cc(OC)ccc34)CC2)cc1. The molecule has 1 N–H and O–H groups in total. The van der Waals surface area contributed by atoms with Gasteiger partial charge in [0, 0.05) is 43.2 Å². The highest BCUT2D eigenvalue weighted by Gasteiger charge is 2.27. The zero-order valence-electron chi connectivity index (χ0n) is 18.3. The standard InChI is InChI=1S/C25H26N4O3/c1-31-20-5-3-17(4-6-20)15-28-25(30)18-9-11-29(12-10-18)24-19(14-26)16-27-23-13-21(32-2)7-8-22(23)24/h3-8,13,16,18H,9-12,15H2,1-2H3,(H,28,30). The van der Waals surface area contributed by atoms with E-state index >= 15 is 0 Å². The fraction of sp³-hybridized carbons (Fsp3) is 0.320. The van der Waals surface area contributed by atoms with Crippen molar-refractivity contribution in [3.8, 4) is 17.6 Å². The van der Waals surface area contributed by atoms with Crippen LogP contribution in [-0.4, -0.2) is 38.2 Å². The number of pyridine rings is 1. The predicted octanol–water partition coefficient (Wildman–Crippen LogP) is 3.66. The summed E-state index contributed by atoms with van der Waals surface area (Å²) in [5.41, 5.74) is 3.26. The largest absolute Gasteiger partial charge is 0.497 e. The van der Waals surface area contributed by atoms with Gasteiger partial charge in [-0.2, -0.15) is 5.26 Å². The van der Waals surface area contributed by atoms with E-state index in [0.29, 0.717) is 25.2 Å². The molecular weight excluding hydrogens is 404 g/mol. The van der Waals surface area contributed by atoms with E-state index in [1.165, 1.54) is 0 Å². The highest BCUT2D eigenvalue weighted by Crippen LogP contribution is 2.34. The first kappa shape index (κ1) is 21.4. The van der Waals surface area contributed by atoms with Crippen molar-refractivity contribution < 1.29 is 14.3 Å². The maximum Gasteiger partial charge on any atom is 0.223 e. The zero-order chi connectivity index (χ0) is 22.5. The molecular formula is C25H26N4O3. The Morgan fingerprint density at radius 2 is 1.81 bits per heavy atom. The molecule has 0 unspecified atom stereocenters. The van der Waals surface area contributed by atoms with Gasteiger partial charge in [-0.3, -0.25) is 9.78 Å². The molecule has 1 amide bonds. The van der Waals surface area contributed by atoms with E-state index in [9.17, 15) is 10.1 Å². The summed E-state index contributed by atoms with van der Waals surface area (Å²) in [6, 6.07) is 15.7. The monoisotopic (exact) mass is 430 g/mol. The second kappa shape index (κ2) is 9.56. The average Bonchev–Trinajstić information content (AvgIpc) is 2.86. The normalized spacial score (nSPS) is 14.1. The molecule has 0 saturated carbocycles. The summed E-state index contributed by atoms with van der Waals surface area (Å²) in [6.45, 7) is 1.92. The van der Waals surface area contributed by atoms with Crippen LogP contribution in [0.1, 0.15) is 24.0 Å². The van der Waals surface area contributed by atoms with Gasteiger partial charge in [0.1, 0.15) is 17.6 Å². The maximum absolute atomic E-state index is 12.7. The first-order valence-corrected chi connectivity index (χ1v) is 10.7. The highest BCUT2D eigenvalue weighted by atomic mass is 16.5. The molecule has 1 aliphatic rings. The molecule has 1 fully saturated rings. The number of ether oxygens (including phenoxy) is 2. The van der Waals surface area contributed by atoms with Gasteiger partial charge < -0.3 is 19.7 Å². The van der Waals surface area contributed by atoms with Crippen LogP contribution in [-0.2, 0) is 11.3 Å². The molecule has 4 rings (SSSR count). The van der Waals surface area contributed by atoms with Gasteiger partial charge in [0.2, 0.25) is 5.91 Å². The third-order valence-corrected chi connectivity index (χ3v) is 5.98. The topological polar surface area (TPSA) is 87.5 Å². The highest BCUT2D eigenvalue weighted by molar-refractivity contribution is 5.95. The summed E-state index contributed by atoms with van der Waals surface area (Å²) >= 11 is 0. The van der Waals surface area contributed by atoms with Gasteiger partial charge >= 0.3 is 0 Å². The quantitative estimate of drug-likeness (QED) is 0.642. The number of amides is 1. The fourth-order valence-electron chi connectivity index (χ4n) is 4.15. The zero-order valence-corrected chi connectivity index (χ0v) is 18.3. The molecule has 3 aromatic rings. The van der Waals surface area contributed by atoms with E-state index in [0.717, 1.165) is 46.5 Å². The fourth-order valence-corrected chi connectivity index (χ4v) is 4.15. The van der Waals surface area contributed by atoms with Gasteiger partial charge in [-0.25, -0.2) is 0 Å². The molecule has 7 heteroatoms.